The lowest BCUT2D eigenvalue weighted by molar-refractivity contribution is -0.935. The molecular formula is C24H44NO7+. The summed E-state index contributed by atoms with van der Waals surface area (Å²) in [6.45, 7) is 19.8. The van der Waals surface area contributed by atoms with Crippen molar-refractivity contribution < 1.29 is 37.6 Å². The van der Waals surface area contributed by atoms with Gasteiger partial charge in [-0.3, -0.25) is 0 Å². The Bertz CT molecular complexity index is 619. The molecular weight excluding hydrogens is 414 g/mol. The number of nitrogens with zero attached hydrogens (tertiary/aromatic N) is 1. The van der Waals surface area contributed by atoms with Crippen LogP contribution in [0, 0.1) is 5.92 Å². The second-order valence-corrected chi connectivity index (χ2v) is 11.2. The van der Waals surface area contributed by atoms with Crippen LogP contribution in [0.15, 0.2) is 0 Å². The summed E-state index contributed by atoms with van der Waals surface area (Å²) in [4.78, 5) is 0. The molecule has 4 saturated heterocycles. The van der Waals surface area contributed by atoms with Gasteiger partial charge in [0.15, 0.2) is 17.9 Å². The molecule has 0 aromatic carbocycles. The maximum absolute atomic E-state index is 6.24. The van der Waals surface area contributed by atoms with Crippen molar-refractivity contribution in [2.45, 2.75) is 96.7 Å². The monoisotopic (exact) mass is 458 g/mol. The van der Waals surface area contributed by atoms with Gasteiger partial charge in [-0.15, -0.1) is 0 Å². The van der Waals surface area contributed by atoms with Crippen LogP contribution in [-0.2, 0) is 33.2 Å². The van der Waals surface area contributed by atoms with Gasteiger partial charge in [0.1, 0.15) is 37.5 Å². The van der Waals surface area contributed by atoms with Gasteiger partial charge in [-0.1, -0.05) is 13.8 Å². The van der Waals surface area contributed by atoms with Gasteiger partial charge >= 0.3 is 0 Å². The summed E-state index contributed by atoms with van der Waals surface area (Å²) in [7, 11) is 0. The summed E-state index contributed by atoms with van der Waals surface area (Å²) >= 11 is 0. The fourth-order valence-electron chi connectivity index (χ4n) is 5.35. The lowest BCUT2D eigenvalue weighted by Crippen LogP contribution is -2.57. The molecule has 0 aromatic heterocycles. The van der Waals surface area contributed by atoms with Crippen molar-refractivity contribution in [1.29, 1.82) is 0 Å². The van der Waals surface area contributed by atoms with Gasteiger partial charge in [0, 0.05) is 6.42 Å². The number of hydrogen-bond acceptors (Lipinski definition) is 7. The molecule has 0 saturated carbocycles. The molecule has 0 unspecified atom stereocenters. The average Bonchev–Trinajstić information content (AvgIpc) is 3.21. The van der Waals surface area contributed by atoms with Crippen LogP contribution in [0.2, 0.25) is 0 Å². The molecule has 0 aliphatic carbocycles. The summed E-state index contributed by atoms with van der Waals surface area (Å²) in [6, 6.07) is 0. The topological polar surface area (TPSA) is 64.6 Å². The highest BCUT2D eigenvalue weighted by Crippen LogP contribution is 2.44. The first-order valence-corrected chi connectivity index (χ1v) is 12.5. The van der Waals surface area contributed by atoms with Crippen LogP contribution < -0.4 is 0 Å². The van der Waals surface area contributed by atoms with Gasteiger partial charge in [-0.05, 0) is 40.0 Å². The lowest BCUT2D eigenvalue weighted by atomic mass is 9.99. The highest BCUT2D eigenvalue weighted by Gasteiger charge is 2.60. The lowest BCUT2D eigenvalue weighted by Gasteiger charge is -2.42. The van der Waals surface area contributed by atoms with E-state index in [1.807, 2.05) is 27.7 Å². The first-order chi connectivity index (χ1) is 15.1. The Morgan fingerprint density at radius 2 is 1.53 bits per heavy atom. The van der Waals surface area contributed by atoms with Gasteiger partial charge in [-0.25, -0.2) is 0 Å². The summed E-state index contributed by atoms with van der Waals surface area (Å²) in [5.41, 5.74) is 0. The third kappa shape index (κ3) is 5.84. The van der Waals surface area contributed by atoms with E-state index < -0.39 is 17.9 Å². The number of morpholine rings is 1. The third-order valence-corrected chi connectivity index (χ3v) is 7.05. The van der Waals surface area contributed by atoms with Crippen molar-refractivity contribution in [3.63, 3.8) is 0 Å². The molecule has 0 aromatic rings. The van der Waals surface area contributed by atoms with Crippen LogP contribution in [0.25, 0.3) is 0 Å². The van der Waals surface area contributed by atoms with Crippen LogP contribution in [-0.4, -0.2) is 99.4 Å². The largest absolute Gasteiger partial charge is 0.378 e. The number of ether oxygens (including phenoxy) is 7. The summed E-state index contributed by atoms with van der Waals surface area (Å²) < 4.78 is 43.5. The second kappa shape index (κ2) is 9.74. The Kier molecular flexibility index (Phi) is 7.55. The molecule has 0 N–H and O–H groups in total. The first-order valence-electron chi connectivity index (χ1n) is 12.5. The SMILES string of the molecule is CC(C)CC[N+]1(CCCOC[C@H]2O[C@@H]3OC(C)(C)O[C@@H]3[C@H]3OC(C)(C)O[C@H]32)CCOCC1. The predicted octanol–water partition coefficient (Wildman–Crippen LogP) is 2.68. The van der Waals surface area contributed by atoms with Crippen molar-refractivity contribution in [3.05, 3.63) is 0 Å². The van der Waals surface area contributed by atoms with Gasteiger partial charge in [0.25, 0.3) is 0 Å². The molecule has 4 heterocycles. The van der Waals surface area contributed by atoms with E-state index in [-0.39, 0.29) is 24.4 Å². The minimum atomic E-state index is -0.697. The van der Waals surface area contributed by atoms with Crippen LogP contribution >= 0.6 is 0 Å². The van der Waals surface area contributed by atoms with Crippen molar-refractivity contribution >= 4 is 0 Å². The molecule has 4 aliphatic rings. The number of quaternary nitrogens is 1. The summed E-state index contributed by atoms with van der Waals surface area (Å²) in [5.74, 6) is -0.642. The molecule has 0 radical (unpaired) electrons. The molecule has 4 fully saturated rings. The quantitative estimate of drug-likeness (QED) is 0.389. The van der Waals surface area contributed by atoms with E-state index >= 15 is 0 Å². The van der Waals surface area contributed by atoms with Crippen molar-refractivity contribution in [1.82, 2.24) is 0 Å². The standard InChI is InChI=1S/C24H44NO7/c1-17(2)8-10-25(11-14-26-15-12-25)9-7-13-27-16-18-19-20(30-23(3,4)29-19)21-22(28-18)32-24(5,6)31-21/h17-22H,7-16H2,1-6H3/q+1/t18-,19+,20+,21-,22-/m1/s1. The van der Waals surface area contributed by atoms with E-state index in [1.165, 1.54) is 13.0 Å². The van der Waals surface area contributed by atoms with E-state index in [9.17, 15) is 0 Å². The molecule has 0 amide bonds. The van der Waals surface area contributed by atoms with Crippen LogP contribution in [0.5, 0.6) is 0 Å². The molecule has 0 spiro atoms. The van der Waals surface area contributed by atoms with Gasteiger partial charge in [0.2, 0.25) is 0 Å². The number of fused-ring (bicyclic) bond motifs is 3. The molecule has 186 valence electrons. The van der Waals surface area contributed by atoms with Gasteiger partial charge in [-0.2, -0.15) is 0 Å². The van der Waals surface area contributed by atoms with Crippen LogP contribution in [0.3, 0.4) is 0 Å². The van der Waals surface area contributed by atoms with Crippen molar-refractivity contribution in [2.24, 2.45) is 5.92 Å². The zero-order valence-electron chi connectivity index (χ0n) is 20.8. The van der Waals surface area contributed by atoms with Crippen molar-refractivity contribution in [2.75, 3.05) is 52.6 Å². The smallest absolute Gasteiger partial charge is 0.190 e. The van der Waals surface area contributed by atoms with Crippen molar-refractivity contribution in [3.8, 4) is 0 Å². The fourth-order valence-corrected chi connectivity index (χ4v) is 5.35. The van der Waals surface area contributed by atoms with E-state index in [2.05, 4.69) is 13.8 Å². The molecule has 8 nitrogen and oxygen atoms in total. The highest BCUT2D eigenvalue weighted by atomic mass is 16.9. The maximum atomic E-state index is 6.24. The zero-order chi connectivity index (χ0) is 23.0. The maximum Gasteiger partial charge on any atom is 0.190 e. The first kappa shape index (κ1) is 24.8. The zero-order valence-corrected chi connectivity index (χ0v) is 20.8. The van der Waals surface area contributed by atoms with E-state index in [1.54, 1.807) is 0 Å². The van der Waals surface area contributed by atoms with E-state index in [0.717, 1.165) is 49.7 Å². The molecule has 0 bridgehead atoms. The van der Waals surface area contributed by atoms with Gasteiger partial charge < -0.3 is 37.6 Å². The molecule has 8 heteroatoms. The molecule has 4 rings (SSSR count). The van der Waals surface area contributed by atoms with E-state index in [0.29, 0.717) is 13.2 Å². The third-order valence-electron chi connectivity index (χ3n) is 7.05. The van der Waals surface area contributed by atoms with Gasteiger partial charge in [0.05, 0.1) is 39.5 Å². The Hall–Kier alpha value is -0.320. The predicted molar refractivity (Wildman–Crippen MR) is 118 cm³/mol. The molecule has 32 heavy (non-hydrogen) atoms. The average molecular weight is 459 g/mol. The second-order valence-electron chi connectivity index (χ2n) is 11.2. The Balaban J connectivity index is 1.28. The Morgan fingerprint density at radius 1 is 0.875 bits per heavy atom. The minimum absolute atomic E-state index is 0.225. The Labute approximate surface area is 193 Å². The Morgan fingerprint density at radius 3 is 2.25 bits per heavy atom. The summed E-state index contributed by atoms with van der Waals surface area (Å²) in [6.07, 6.45) is 0.835. The van der Waals surface area contributed by atoms with E-state index in [4.69, 9.17) is 33.2 Å². The van der Waals surface area contributed by atoms with Crippen LogP contribution in [0.1, 0.15) is 54.4 Å². The molecule has 4 aliphatic heterocycles. The number of rotatable bonds is 9. The van der Waals surface area contributed by atoms with Crippen LogP contribution in [0.4, 0.5) is 0 Å². The number of hydrogen-bond donors (Lipinski definition) is 0. The molecule has 5 atom stereocenters. The minimum Gasteiger partial charge on any atom is -0.378 e. The summed E-state index contributed by atoms with van der Waals surface area (Å²) in [5, 5.41) is 0. The fraction of sp³-hybridized carbons (Fsp3) is 1.00. The highest BCUT2D eigenvalue weighted by molar-refractivity contribution is 5.00. The normalized spacial score (nSPS) is 37.4.